The van der Waals surface area contributed by atoms with Gasteiger partial charge in [-0.25, -0.2) is 0 Å². The van der Waals surface area contributed by atoms with Gasteiger partial charge in [0.15, 0.2) is 5.96 Å². The fourth-order valence-corrected chi connectivity index (χ4v) is 3.06. The van der Waals surface area contributed by atoms with Crippen LogP contribution in [-0.2, 0) is 4.74 Å². The molecule has 25 heavy (non-hydrogen) atoms. The molecule has 1 fully saturated rings. The maximum atomic E-state index is 5.58. The van der Waals surface area contributed by atoms with Crippen LogP contribution in [-0.4, -0.2) is 63.3 Å². The molecule has 1 saturated heterocycles. The molecule has 0 aromatic rings. The number of nitrogens with zero attached hydrogens (tertiary/aromatic N) is 2. The number of likely N-dealkylation sites (tertiary alicyclic amines) is 1. The Labute approximate surface area is 172 Å². The summed E-state index contributed by atoms with van der Waals surface area (Å²) < 4.78 is 5.58. The van der Waals surface area contributed by atoms with Crippen LogP contribution in [0.4, 0.5) is 0 Å². The van der Waals surface area contributed by atoms with E-state index in [0.717, 1.165) is 44.7 Å². The van der Waals surface area contributed by atoms with Crippen molar-refractivity contribution in [2.75, 3.05) is 46.4 Å². The number of hydrogen-bond acceptors (Lipinski definition) is 3. The topological polar surface area (TPSA) is 48.9 Å². The van der Waals surface area contributed by atoms with E-state index in [-0.39, 0.29) is 24.0 Å². The number of rotatable bonds is 11. The van der Waals surface area contributed by atoms with E-state index in [9.17, 15) is 0 Å². The molecule has 0 amide bonds. The van der Waals surface area contributed by atoms with Crippen LogP contribution < -0.4 is 10.6 Å². The molecule has 6 heteroatoms. The number of halogens is 1. The average molecular weight is 468 g/mol. The third-order valence-electron chi connectivity index (χ3n) is 4.54. The van der Waals surface area contributed by atoms with E-state index >= 15 is 0 Å². The lowest BCUT2D eigenvalue weighted by Crippen LogP contribution is -2.39. The van der Waals surface area contributed by atoms with Crippen molar-refractivity contribution >= 4 is 29.9 Å². The fourth-order valence-electron chi connectivity index (χ4n) is 3.06. The fraction of sp³-hybridized carbons (Fsp3) is 0.947. The van der Waals surface area contributed by atoms with Crippen molar-refractivity contribution < 1.29 is 4.74 Å². The van der Waals surface area contributed by atoms with Crippen molar-refractivity contribution in [2.24, 2.45) is 10.9 Å². The van der Waals surface area contributed by atoms with Gasteiger partial charge < -0.3 is 20.3 Å². The summed E-state index contributed by atoms with van der Waals surface area (Å²) >= 11 is 0. The minimum atomic E-state index is 0. The van der Waals surface area contributed by atoms with Gasteiger partial charge in [-0.1, -0.05) is 20.3 Å². The lowest BCUT2D eigenvalue weighted by atomic mass is 10.0. The van der Waals surface area contributed by atoms with Crippen molar-refractivity contribution in [1.29, 1.82) is 0 Å². The van der Waals surface area contributed by atoms with Crippen LogP contribution in [0.2, 0.25) is 0 Å². The highest BCUT2D eigenvalue weighted by molar-refractivity contribution is 14.0. The van der Waals surface area contributed by atoms with Gasteiger partial charge in [-0.3, -0.25) is 4.99 Å². The number of nitrogens with one attached hydrogen (secondary N) is 2. The first-order valence-electron chi connectivity index (χ1n) is 9.89. The zero-order valence-corrected chi connectivity index (χ0v) is 19.2. The van der Waals surface area contributed by atoms with Gasteiger partial charge in [-0.15, -0.1) is 24.0 Å². The zero-order valence-electron chi connectivity index (χ0n) is 16.9. The third kappa shape index (κ3) is 12.8. The van der Waals surface area contributed by atoms with Gasteiger partial charge in [0, 0.05) is 39.4 Å². The lowest BCUT2D eigenvalue weighted by Gasteiger charge is -2.33. The van der Waals surface area contributed by atoms with Crippen molar-refractivity contribution in [3.8, 4) is 0 Å². The summed E-state index contributed by atoms with van der Waals surface area (Å²) in [5.41, 5.74) is 0. The van der Waals surface area contributed by atoms with E-state index < -0.39 is 0 Å². The van der Waals surface area contributed by atoms with Crippen molar-refractivity contribution in [1.82, 2.24) is 15.5 Å². The molecule has 1 heterocycles. The smallest absolute Gasteiger partial charge is 0.190 e. The van der Waals surface area contributed by atoms with E-state index in [1.54, 1.807) is 0 Å². The normalized spacial score (nSPS) is 18.9. The molecule has 5 nitrogen and oxygen atoms in total. The number of ether oxygens (including phenoxy) is 1. The van der Waals surface area contributed by atoms with Crippen LogP contribution in [0.15, 0.2) is 4.99 Å². The molecule has 1 rings (SSSR count). The van der Waals surface area contributed by atoms with Crippen LogP contribution in [0.1, 0.15) is 59.3 Å². The van der Waals surface area contributed by atoms with E-state index in [0.29, 0.717) is 5.92 Å². The van der Waals surface area contributed by atoms with Gasteiger partial charge >= 0.3 is 0 Å². The first kappa shape index (κ1) is 24.9. The third-order valence-corrected chi connectivity index (χ3v) is 4.54. The van der Waals surface area contributed by atoms with Crippen LogP contribution in [0, 0.1) is 5.92 Å². The van der Waals surface area contributed by atoms with Gasteiger partial charge in [-0.05, 0) is 58.0 Å². The van der Waals surface area contributed by atoms with Gasteiger partial charge in [-0.2, -0.15) is 0 Å². The van der Waals surface area contributed by atoms with Crippen LogP contribution >= 0.6 is 24.0 Å². The van der Waals surface area contributed by atoms with E-state index in [1.165, 1.54) is 45.2 Å². The molecule has 150 valence electrons. The van der Waals surface area contributed by atoms with E-state index in [2.05, 4.69) is 41.3 Å². The zero-order chi connectivity index (χ0) is 17.6. The standard InChI is InChI=1S/C19H40N4O.HI/c1-17(2)16-24-15-9-12-22-19(20-4)21-11-6-8-14-23-13-7-5-10-18(23)3;/h17-18H,5-16H2,1-4H3,(H2,20,21,22);1H. The number of guanidine groups is 1. The Morgan fingerprint density at radius 3 is 2.52 bits per heavy atom. The SMILES string of the molecule is CN=C(NCCCCN1CCCCC1C)NCCCOCC(C)C.I. The second-order valence-corrected chi connectivity index (χ2v) is 7.34. The largest absolute Gasteiger partial charge is 0.381 e. The van der Waals surface area contributed by atoms with E-state index in [1.807, 2.05) is 7.05 Å². The summed E-state index contributed by atoms with van der Waals surface area (Å²) in [4.78, 5) is 6.92. The van der Waals surface area contributed by atoms with Gasteiger partial charge in [0.05, 0.1) is 0 Å². The highest BCUT2D eigenvalue weighted by atomic mass is 127. The highest BCUT2D eigenvalue weighted by Crippen LogP contribution is 2.16. The van der Waals surface area contributed by atoms with Crippen LogP contribution in [0.3, 0.4) is 0 Å². The van der Waals surface area contributed by atoms with Gasteiger partial charge in [0.25, 0.3) is 0 Å². The number of aliphatic imine (C=N–C) groups is 1. The molecular weight excluding hydrogens is 427 g/mol. The molecule has 2 N–H and O–H groups in total. The summed E-state index contributed by atoms with van der Waals surface area (Å²) in [6.07, 6.45) is 7.62. The Bertz CT molecular complexity index is 339. The quantitative estimate of drug-likeness (QED) is 0.211. The van der Waals surface area contributed by atoms with Crippen molar-refractivity contribution in [2.45, 2.75) is 65.3 Å². The van der Waals surface area contributed by atoms with Crippen LogP contribution in [0.5, 0.6) is 0 Å². The van der Waals surface area contributed by atoms with Crippen molar-refractivity contribution in [3.05, 3.63) is 0 Å². The molecule has 0 aromatic carbocycles. The maximum Gasteiger partial charge on any atom is 0.190 e. The first-order chi connectivity index (χ1) is 11.6. The molecule has 1 unspecified atom stereocenters. The molecule has 0 spiro atoms. The summed E-state index contributed by atoms with van der Waals surface area (Å²) in [6, 6.07) is 0.777. The summed E-state index contributed by atoms with van der Waals surface area (Å²) in [7, 11) is 1.83. The monoisotopic (exact) mass is 468 g/mol. The Balaban J connectivity index is 0.00000576. The summed E-state index contributed by atoms with van der Waals surface area (Å²) in [6.45, 7) is 12.8. The molecule has 0 radical (unpaired) electrons. The molecule has 1 aliphatic rings. The van der Waals surface area contributed by atoms with Crippen LogP contribution in [0.25, 0.3) is 0 Å². The maximum absolute atomic E-state index is 5.58. The minimum Gasteiger partial charge on any atom is -0.381 e. The molecule has 0 bridgehead atoms. The number of piperidine rings is 1. The predicted molar refractivity (Wildman–Crippen MR) is 119 cm³/mol. The molecule has 0 aromatic heterocycles. The molecule has 0 saturated carbocycles. The minimum absolute atomic E-state index is 0. The Hall–Kier alpha value is -0.0800. The number of hydrogen-bond donors (Lipinski definition) is 2. The van der Waals surface area contributed by atoms with Gasteiger partial charge in [0.1, 0.15) is 0 Å². The Morgan fingerprint density at radius 1 is 1.16 bits per heavy atom. The number of unbranched alkanes of at least 4 members (excludes halogenated alkanes) is 1. The van der Waals surface area contributed by atoms with Gasteiger partial charge in [0.2, 0.25) is 0 Å². The summed E-state index contributed by atoms with van der Waals surface area (Å²) in [5, 5.41) is 6.76. The second-order valence-electron chi connectivity index (χ2n) is 7.34. The van der Waals surface area contributed by atoms with E-state index in [4.69, 9.17) is 4.74 Å². The average Bonchev–Trinajstić information content (AvgIpc) is 2.57. The highest BCUT2D eigenvalue weighted by Gasteiger charge is 2.16. The predicted octanol–water partition coefficient (Wildman–Crippen LogP) is 3.49. The molecule has 0 aliphatic carbocycles. The summed E-state index contributed by atoms with van der Waals surface area (Å²) in [5.74, 6) is 1.52. The Morgan fingerprint density at radius 2 is 1.88 bits per heavy atom. The molecule has 1 atom stereocenters. The second kappa shape index (κ2) is 16.1. The Kier molecular flexibility index (Phi) is 16.1. The molecule has 1 aliphatic heterocycles. The molecular formula is C19H41IN4O. The first-order valence-corrected chi connectivity index (χ1v) is 9.89. The van der Waals surface area contributed by atoms with Crippen molar-refractivity contribution in [3.63, 3.8) is 0 Å². The lowest BCUT2D eigenvalue weighted by molar-refractivity contribution is 0.108.